The van der Waals surface area contributed by atoms with Crippen LogP contribution in [0.25, 0.3) is 0 Å². The van der Waals surface area contributed by atoms with Gasteiger partial charge in [0.1, 0.15) is 11.5 Å². The average Bonchev–Trinajstić information content (AvgIpc) is 2.25. The van der Waals surface area contributed by atoms with E-state index >= 15 is 0 Å². The van der Waals surface area contributed by atoms with Crippen LogP contribution in [0, 0.1) is 5.41 Å². The molecule has 6 heteroatoms. The van der Waals surface area contributed by atoms with E-state index in [-0.39, 0.29) is 11.1 Å². The van der Waals surface area contributed by atoms with Crippen LogP contribution in [0.1, 0.15) is 24.3 Å². The van der Waals surface area contributed by atoms with Gasteiger partial charge >= 0.3 is 0 Å². The number of amides is 1. The van der Waals surface area contributed by atoms with E-state index in [0.29, 0.717) is 5.82 Å². The number of hydrogen-bond donors (Lipinski definition) is 2. The maximum Gasteiger partial charge on any atom is 0.268 e. The van der Waals surface area contributed by atoms with E-state index in [0.717, 1.165) is 13.1 Å². The van der Waals surface area contributed by atoms with Gasteiger partial charge in [0, 0.05) is 13.1 Å². The number of nitrogens with zero attached hydrogens (tertiary/aromatic N) is 3. The quantitative estimate of drug-likeness (QED) is 0.772. The van der Waals surface area contributed by atoms with Crippen LogP contribution in [0.2, 0.25) is 0 Å². The van der Waals surface area contributed by atoms with E-state index in [9.17, 15) is 4.79 Å². The molecule has 0 saturated carbocycles. The van der Waals surface area contributed by atoms with Crippen LogP contribution >= 0.6 is 0 Å². The summed E-state index contributed by atoms with van der Waals surface area (Å²) in [6.45, 7) is 6.00. The third-order valence-corrected chi connectivity index (χ3v) is 2.38. The van der Waals surface area contributed by atoms with Crippen molar-refractivity contribution in [3.8, 4) is 0 Å². The third-order valence-electron chi connectivity index (χ3n) is 2.38. The Morgan fingerprint density at radius 3 is 2.67 bits per heavy atom. The van der Waals surface area contributed by atoms with Gasteiger partial charge < -0.3 is 16.0 Å². The Balaban J connectivity index is 2.63. The summed E-state index contributed by atoms with van der Waals surface area (Å²) in [7, 11) is 4.07. The lowest BCUT2D eigenvalue weighted by atomic mass is 9.93. The van der Waals surface area contributed by atoms with Crippen molar-refractivity contribution in [3.05, 3.63) is 18.1 Å². The van der Waals surface area contributed by atoms with Gasteiger partial charge in [-0.1, -0.05) is 13.8 Å². The van der Waals surface area contributed by atoms with Crippen LogP contribution < -0.4 is 11.1 Å². The van der Waals surface area contributed by atoms with E-state index in [4.69, 9.17) is 5.73 Å². The number of nitrogens with two attached hydrogens (primary N) is 1. The number of primary amides is 1. The van der Waals surface area contributed by atoms with Crippen molar-refractivity contribution < 1.29 is 4.79 Å². The highest BCUT2D eigenvalue weighted by Gasteiger charge is 2.18. The Labute approximate surface area is 108 Å². The highest BCUT2D eigenvalue weighted by molar-refractivity contribution is 5.90. The van der Waals surface area contributed by atoms with Crippen LogP contribution in [0.15, 0.2) is 12.4 Å². The minimum Gasteiger partial charge on any atom is -0.368 e. The van der Waals surface area contributed by atoms with Gasteiger partial charge in [-0.15, -0.1) is 0 Å². The molecule has 0 unspecified atom stereocenters. The molecular weight excluding hydrogens is 230 g/mol. The molecule has 0 radical (unpaired) electrons. The first kappa shape index (κ1) is 14.4. The molecule has 1 aromatic rings. The number of nitrogens with one attached hydrogen (secondary N) is 1. The zero-order valence-corrected chi connectivity index (χ0v) is 11.4. The molecule has 0 saturated heterocycles. The predicted octanol–water partition coefficient (Wildman–Crippen LogP) is 0.575. The standard InChI is InChI=1S/C12H21N5O/c1-12(2,8-17(3)4)7-15-10-6-14-5-9(16-10)11(13)18/h5-6H,7-8H2,1-4H3,(H2,13,18)(H,15,16). The monoisotopic (exact) mass is 251 g/mol. The lowest BCUT2D eigenvalue weighted by molar-refractivity contribution is 0.0995. The number of rotatable bonds is 6. The molecule has 0 bridgehead atoms. The first-order chi connectivity index (χ1) is 8.30. The fraction of sp³-hybridized carbons (Fsp3) is 0.583. The second-order valence-electron chi connectivity index (χ2n) is 5.41. The topological polar surface area (TPSA) is 84.1 Å². The number of hydrogen-bond acceptors (Lipinski definition) is 5. The number of carbonyl (C=O) groups excluding carboxylic acids is 1. The number of aromatic nitrogens is 2. The molecule has 1 aromatic heterocycles. The molecule has 0 atom stereocenters. The Morgan fingerprint density at radius 2 is 2.11 bits per heavy atom. The first-order valence-electron chi connectivity index (χ1n) is 5.81. The molecule has 18 heavy (non-hydrogen) atoms. The van der Waals surface area contributed by atoms with Gasteiger partial charge in [-0.3, -0.25) is 9.78 Å². The first-order valence-corrected chi connectivity index (χ1v) is 5.81. The highest BCUT2D eigenvalue weighted by atomic mass is 16.1. The predicted molar refractivity (Wildman–Crippen MR) is 71.4 cm³/mol. The van der Waals surface area contributed by atoms with Crippen molar-refractivity contribution >= 4 is 11.7 Å². The van der Waals surface area contributed by atoms with Crippen LogP contribution in [0.4, 0.5) is 5.82 Å². The maximum atomic E-state index is 11.0. The molecular formula is C12H21N5O. The average molecular weight is 251 g/mol. The molecule has 0 aromatic carbocycles. The summed E-state index contributed by atoms with van der Waals surface area (Å²) in [6.07, 6.45) is 2.94. The lowest BCUT2D eigenvalue weighted by Gasteiger charge is -2.28. The normalized spacial score (nSPS) is 11.6. The Hall–Kier alpha value is -1.69. The molecule has 0 aliphatic heterocycles. The molecule has 0 aliphatic carbocycles. The fourth-order valence-electron chi connectivity index (χ4n) is 1.81. The van der Waals surface area contributed by atoms with E-state index in [2.05, 4.69) is 34.0 Å². The number of carbonyl (C=O) groups is 1. The Morgan fingerprint density at radius 1 is 1.44 bits per heavy atom. The largest absolute Gasteiger partial charge is 0.368 e. The molecule has 0 spiro atoms. The molecule has 6 nitrogen and oxygen atoms in total. The second kappa shape index (κ2) is 5.77. The van der Waals surface area contributed by atoms with Crippen LogP contribution in [0.5, 0.6) is 0 Å². The van der Waals surface area contributed by atoms with Gasteiger partial charge in [-0.05, 0) is 19.5 Å². The van der Waals surface area contributed by atoms with Crippen LogP contribution in [0.3, 0.4) is 0 Å². The van der Waals surface area contributed by atoms with Crippen molar-refractivity contribution in [3.63, 3.8) is 0 Å². The van der Waals surface area contributed by atoms with E-state index in [1.54, 1.807) is 6.20 Å². The van der Waals surface area contributed by atoms with Crippen molar-refractivity contribution in [2.24, 2.45) is 11.1 Å². The summed E-state index contributed by atoms with van der Waals surface area (Å²) in [5.74, 6) is -0.00293. The minimum atomic E-state index is -0.571. The summed E-state index contributed by atoms with van der Waals surface area (Å²) < 4.78 is 0. The van der Waals surface area contributed by atoms with Gasteiger partial charge in [-0.2, -0.15) is 0 Å². The van der Waals surface area contributed by atoms with Crippen LogP contribution in [-0.2, 0) is 0 Å². The molecule has 3 N–H and O–H groups in total. The van der Waals surface area contributed by atoms with E-state index in [1.165, 1.54) is 6.20 Å². The van der Waals surface area contributed by atoms with Crippen molar-refractivity contribution in [2.45, 2.75) is 13.8 Å². The summed E-state index contributed by atoms with van der Waals surface area (Å²) in [4.78, 5) is 21.1. The van der Waals surface area contributed by atoms with Crippen molar-refractivity contribution in [2.75, 3.05) is 32.5 Å². The number of anilines is 1. The summed E-state index contributed by atoms with van der Waals surface area (Å²) in [6, 6.07) is 0. The molecule has 1 heterocycles. The molecule has 100 valence electrons. The Bertz CT molecular complexity index is 417. The third kappa shape index (κ3) is 4.67. The summed E-state index contributed by atoms with van der Waals surface area (Å²) in [5, 5.41) is 3.18. The van der Waals surface area contributed by atoms with Crippen molar-refractivity contribution in [1.29, 1.82) is 0 Å². The van der Waals surface area contributed by atoms with Gasteiger partial charge in [0.25, 0.3) is 5.91 Å². The highest BCUT2D eigenvalue weighted by Crippen LogP contribution is 2.16. The molecule has 1 rings (SSSR count). The van der Waals surface area contributed by atoms with Gasteiger partial charge in [-0.25, -0.2) is 4.98 Å². The second-order valence-corrected chi connectivity index (χ2v) is 5.41. The molecule has 0 fully saturated rings. The van der Waals surface area contributed by atoms with Crippen molar-refractivity contribution in [1.82, 2.24) is 14.9 Å². The van der Waals surface area contributed by atoms with E-state index in [1.807, 2.05) is 14.1 Å². The molecule has 1 amide bonds. The maximum absolute atomic E-state index is 11.0. The zero-order chi connectivity index (χ0) is 13.8. The SMILES string of the molecule is CN(C)CC(C)(C)CNc1cncc(C(N)=O)n1. The molecule has 0 aliphatic rings. The van der Waals surface area contributed by atoms with Gasteiger partial charge in [0.2, 0.25) is 0 Å². The lowest BCUT2D eigenvalue weighted by Crippen LogP contribution is -2.34. The van der Waals surface area contributed by atoms with Gasteiger partial charge in [0.15, 0.2) is 0 Å². The summed E-state index contributed by atoms with van der Waals surface area (Å²) >= 11 is 0. The smallest absolute Gasteiger partial charge is 0.268 e. The van der Waals surface area contributed by atoms with E-state index < -0.39 is 5.91 Å². The van der Waals surface area contributed by atoms with Gasteiger partial charge in [0.05, 0.1) is 12.4 Å². The fourth-order valence-corrected chi connectivity index (χ4v) is 1.81. The minimum absolute atomic E-state index is 0.0912. The Kier molecular flexibility index (Phi) is 4.61. The zero-order valence-electron chi connectivity index (χ0n) is 11.4. The summed E-state index contributed by atoms with van der Waals surface area (Å²) in [5.41, 5.74) is 5.42. The van der Waals surface area contributed by atoms with Crippen LogP contribution in [-0.4, -0.2) is 48.0 Å².